The number of benzene rings is 1. The Hall–Kier alpha value is -1.59. The number of rotatable bonds is 7. The molecule has 4 nitrogen and oxygen atoms in total. The molecule has 0 saturated heterocycles. The van der Waals surface area contributed by atoms with Gasteiger partial charge < -0.3 is 9.30 Å². The molecule has 0 amide bonds. The Labute approximate surface area is 136 Å². The Morgan fingerprint density at radius 1 is 1.23 bits per heavy atom. The number of nitrogens with zero attached hydrogens (tertiary/aromatic N) is 3. The van der Waals surface area contributed by atoms with Crippen LogP contribution in [-0.2, 0) is 23.6 Å². The van der Waals surface area contributed by atoms with E-state index >= 15 is 0 Å². The maximum Gasteiger partial charge on any atom is 0.191 e. The van der Waals surface area contributed by atoms with Crippen LogP contribution in [0.2, 0.25) is 0 Å². The smallest absolute Gasteiger partial charge is 0.191 e. The van der Waals surface area contributed by atoms with Crippen LogP contribution in [0.3, 0.4) is 0 Å². The van der Waals surface area contributed by atoms with Crippen molar-refractivity contribution in [2.24, 2.45) is 0 Å². The first-order chi connectivity index (χ1) is 10.6. The van der Waals surface area contributed by atoms with Crippen LogP contribution >= 0.6 is 11.8 Å². The lowest BCUT2D eigenvalue weighted by molar-refractivity contribution is 0.174. The number of ether oxygens (including phenoxy) is 1. The molecule has 0 bridgehead atoms. The Morgan fingerprint density at radius 3 is 2.50 bits per heavy atom. The number of hydrogen-bond acceptors (Lipinski definition) is 4. The second kappa shape index (κ2) is 7.61. The van der Waals surface area contributed by atoms with Crippen molar-refractivity contribution in [1.29, 1.82) is 0 Å². The van der Waals surface area contributed by atoms with Crippen LogP contribution in [0.1, 0.15) is 28.1 Å². The number of aromatic nitrogens is 3. The molecule has 0 unspecified atom stereocenters. The van der Waals surface area contributed by atoms with Crippen LogP contribution in [0.5, 0.6) is 0 Å². The summed E-state index contributed by atoms with van der Waals surface area (Å²) in [6.07, 6.45) is 1.86. The van der Waals surface area contributed by atoms with Crippen molar-refractivity contribution in [1.82, 2.24) is 14.8 Å². The number of thioether (sulfide) groups is 1. The molecule has 1 aromatic carbocycles. The average molecular weight is 317 g/mol. The highest BCUT2D eigenvalue weighted by Gasteiger charge is 2.13. The molecule has 2 aromatic rings. The third kappa shape index (κ3) is 3.78. The van der Waals surface area contributed by atoms with Gasteiger partial charge in [0.2, 0.25) is 0 Å². The maximum absolute atomic E-state index is 5.18. The molecular weight excluding hydrogens is 294 g/mol. The molecule has 0 aliphatic carbocycles. The summed E-state index contributed by atoms with van der Waals surface area (Å²) in [5.41, 5.74) is 5.34. The highest BCUT2D eigenvalue weighted by molar-refractivity contribution is 7.98. The van der Waals surface area contributed by atoms with Crippen molar-refractivity contribution < 1.29 is 4.74 Å². The number of allylic oxidation sites excluding steroid dienone is 1. The minimum Gasteiger partial charge on any atom is -0.377 e. The maximum atomic E-state index is 5.18. The Kier molecular flexibility index (Phi) is 5.80. The fourth-order valence-electron chi connectivity index (χ4n) is 2.55. The van der Waals surface area contributed by atoms with Crippen LogP contribution in [0.4, 0.5) is 0 Å². The van der Waals surface area contributed by atoms with Gasteiger partial charge in [-0.3, -0.25) is 0 Å². The van der Waals surface area contributed by atoms with Crippen molar-refractivity contribution in [3.63, 3.8) is 0 Å². The Balaban J connectivity index is 2.20. The fraction of sp³-hybridized carbons (Fsp3) is 0.412. The highest BCUT2D eigenvalue weighted by atomic mass is 32.2. The fourth-order valence-corrected chi connectivity index (χ4v) is 3.71. The van der Waals surface area contributed by atoms with E-state index in [1.807, 2.05) is 6.08 Å². The lowest BCUT2D eigenvalue weighted by Gasteiger charge is -2.11. The van der Waals surface area contributed by atoms with Gasteiger partial charge in [0.05, 0.1) is 0 Å². The van der Waals surface area contributed by atoms with Crippen molar-refractivity contribution in [3.8, 4) is 0 Å². The standard InChI is InChI=1S/C17H23N3OS/c1-6-7-20-16(10-21-5)18-19-17(20)22-11-15-13(3)8-12(2)9-14(15)4/h6,8-9H,1,7,10-11H2,2-5H3. The van der Waals surface area contributed by atoms with Crippen LogP contribution in [0, 0.1) is 20.8 Å². The van der Waals surface area contributed by atoms with Gasteiger partial charge in [-0.05, 0) is 37.5 Å². The van der Waals surface area contributed by atoms with E-state index in [4.69, 9.17) is 4.74 Å². The summed E-state index contributed by atoms with van der Waals surface area (Å²) in [7, 11) is 1.67. The molecule has 0 saturated carbocycles. The minimum atomic E-state index is 0.462. The topological polar surface area (TPSA) is 39.9 Å². The molecule has 0 aliphatic heterocycles. The molecule has 22 heavy (non-hydrogen) atoms. The molecular formula is C17H23N3OS. The molecule has 0 N–H and O–H groups in total. The molecule has 118 valence electrons. The van der Waals surface area contributed by atoms with Gasteiger partial charge in [-0.2, -0.15) is 0 Å². The zero-order chi connectivity index (χ0) is 16.1. The van der Waals surface area contributed by atoms with Gasteiger partial charge in [0.25, 0.3) is 0 Å². The molecule has 0 atom stereocenters. The second-order valence-electron chi connectivity index (χ2n) is 5.40. The van der Waals surface area contributed by atoms with E-state index in [1.54, 1.807) is 18.9 Å². The molecule has 2 rings (SSSR count). The van der Waals surface area contributed by atoms with E-state index < -0.39 is 0 Å². The predicted octanol–water partition coefficient (Wildman–Crippen LogP) is 3.83. The molecule has 5 heteroatoms. The zero-order valence-electron chi connectivity index (χ0n) is 13.7. The minimum absolute atomic E-state index is 0.462. The predicted molar refractivity (Wildman–Crippen MR) is 91.1 cm³/mol. The monoisotopic (exact) mass is 317 g/mol. The summed E-state index contributed by atoms with van der Waals surface area (Å²) in [5, 5.41) is 9.42. The highest BCUT2D eigenvalue weighted by Crippen LogP contribution is 2.26. The Morgan fingerprint density at radius 2 is 1.91 bits per heavy atom. The first-order valence-corrected chi connectivity index (χ1v) is 8.26. The molecule has 1 aromatic heterocycles. The van der Waals surface area contributed by atoms with E-state index in [0.29, 0.717) is 13.2 Å². The molecule has 1 heterocycles. The summed E-state index contributed by atoms with van der Waals surface area (Å²) in [6, 6.07) is 4.46. The van der Waals surface area contributed by atoms with Gasteiger partial charge in [-0.15, -0.1) is 16.8 Å². The first-order valence-electron chi connectivity index (χ1n) is 7.28. The number of hydrogen-bond donors (Lipinski definition) is 0. The quantitative estimate of drug-likeness (QED) is 0.575. The first kappa shape index (κ1) is 16.8. The number of aryl methyl sites for hydroxylation is 3. The number of methoxy groups -OCH3 is 1. The summed E-state index contributed by atoms with van der Waals surface area (Å²) in [4.78, 5) is 0. The van der Waals surface area contributed by atoms with E-state index in [1.165, 1.54) is 22.3 Å². The molecule has 0 radical (unpaired) electrons. The SMILES string of the molecule is C=CCn1c(COC)nnc1SCc1c(C)cc(C)cc1C. The summed E-state index contributed by atoms with van der Waals surface area (Å²) >= 11 is 1.71. The normalized spacial score (nSPS) is 10.9. The van der Waals surface area contributed by atoms with E-state index in [2.05, 4.69) is 54.2 Å². The van der Waals surface area contributed by atoms with Crippen molar-refractivity contribution >= 4 is 11.8 Å². The third-order valence-corrected chi connectivity index (χ3v) is 4.56. The summed E-state index contributed by atoms with van der Waals surface area (Å²) < 4.78 is 7.23. The van der Waals surface area contributed by atoms with Crippen molar-refractivity contribution in [3.05, 3.63) is 52.9 Å². The van der Waals surface area contributed by atoms with Crippen LogP contribution < -0.4 is 0 Å². The van der Waals surface area contributed by atoms with Gasteiger partial charge in [0.1, 0.15) is 6.61 Å². The molecule has 0 fully saturated rings. The van der Waals surface area contributed by atoms with Crippen molar-refractivity contribution in [2.75, 3.05) is 7.11 Å². The third-order valence-electron chi connectivity index (χ3n) is 3.56. The Bertz CT molecular complexity index is 641. The second-order valence-corrected chi connectivity index (χ2v) is 6.34. The van der Waals surface area contributed by atoms with Gasteiger partial charge >= 0.3 is 0 Å². The van der Waals surface area contributed by atoms with E-state index in [-0.39, 0.29) is 0 Å². The summed E-state index contributed by atoms with van der Waals surface area (Å²) in [6.45, 7) is 11.4. The van der Waals surface area contributed by atoms with Gasteiger partial charge in [-0.25, -0.2) is 0 Å². The van der Waals surface area contributed by atoms with E-state index in [0.717, 1.165) is 16.7 Å². The lowest BCUT2D eigenvalue weighted by atomic mass is 10.0. The van der Waals surface area contributed by atoms with Gasteiger partial charge in [-0.1, -0.05) is 35.5 Å². The van der Waals surface area contributed by atoms with Crippen molar-refractivity contribution in [2.45, 2.75) is 44.8 Å². The molecule has 0 aliphatic rings. The van der Waals surface area contributed by atoms with Gasteiger partial charge in [0, 0.05) is 19.4 Å². The van der Waals surface area contributed by atoms with Crippen LogP contribution in [-0.4, -0.2) is 21.9 Å². The zero-order valence-corrected chi connectivity index (χ0v) is 14.5. The van der Waals surface area contributed by atoms with E-state index in [9.17, 15) is 0 Å². The van der Waals surface area contributed by atoms with Crippen LogP contribution in [0.25, 0.3) is 0 Å². The van der Waals surface area contributed by atoms with Gasteiger partial charge in [0.15, 0.2) is 11.0 Å². The summed E-state index contributed by atoms with van der Waals surface area (Å²) in [5.74, 6) is 1.72. The average Bonchev–Trinajstić information content (AvgIpc) is 2.81. The largest absolute Gasteiger partial charge is 0.377 e. The van der Waals surface area contributed by atoms with Crippen LogP contribution in [0.15, 0.2) is 29.9 Å². The lowest BCUT2D eigenvalue weighted by Crippen LogP contribution is -2.05. The molecule has 0 spiro atoms.